The molecule has 2 atom stereocenters. The van der Waals surface area contributed by atoms with Crippen LogP contribution in [0, 0.1) is 5.41 Å². The van der Waals surface area contributed by atoms with E-state index >= 15 is 0 Å². The van der Waals surface area contributed by atoms with Gasteiger partial charge in [-0.3, -0.25) is 4.79 Å². The van der Waals surface area contributed by atoms with E-state index in [4.69, 9.17) is 25.8 Å². The number of fused-ring (bicyclic) bond motifs is 1. The van der Waals surface area contributed by atoms with Gasteiger partial charge in [-0.2, -0.15) is 0 Å². The third kappa shape index (κ3) is 23.9. The molecular formula is C63H101ClO6. The molecule has 7 heteroatoms. The number of ether oxygens (including phenoxy) is 3. The van der Waals surface area contributed by atoms with Gasteiger partial charge in [-0.25, -0.2) is 4.79 Å². The molecule has 1 spiro atoms. The van der Waals surface area contributed by atoms with E-state index in [0.717, 1.165) is 19.3 Å². The van der Waals surface area contributed by atoms with Crippen molar-refractivity contribution in [1.82, 2.24) is 0 Å². The summed E-state index contributed by atoms with van der Waals surface area (Å²) in [4.78, 5) is 25.3. The van der Waals surface area contributed by atoms with Crippen LogP contribution in [-0.4, -0.2) is 29.8 Å². The van der Waals surface area contributed by atoms with Crippen LogP contribution in [0.3, 0.4) is 0 Å². The van der Waals surface area contributed by atoms with Crippen molar-refractivity contribution >= 4 is 23.5 Å². The van der Waals surface area contributed by atoms with Crippen LogP contribution in [0.15, 0.2) is 36.4 Å². The van der Waals surface area contributed by atoms with E-state index in [2.05, 4.69) is 0 Å². The predicted molar refractivity (Wildman–Crippen MR) is 293 cm³/mol. The molecule has 2 aromatic carbocycles. The Morgan fingerprint density at radius 1 is 0.500 bits per heavy atom. The molecule has 2 aromatic rings. The summed E-state index contributed by atoms with van der Waals surface area (Å²) in [5, 5.41) is 9.97. The highest BCUT2D eigenvalue weighted by Gasteiger charge is 2.40. The first-order chi connectivity index (χ1) is 34.4. The summed E-state index contributed by atoms with van der Waals surface area (Å²) in [7, 11) is 0. The number of carboxylic acid groups (broad SMARTS) is 1. The fourth-order valence-corrected chi connectivity index (χ4v) is 12.3. The van der Waals surface area contributed by atoms with E-state index in [1.54, 1.807) is 36.4 Å². The zero-order valence-electron chi connectivity index (χ0n) is 44.5. The highest BCUT2D eigenvalue weighted by atomic mass is 35.5. The minimum atomic E-state index is -0.891. The van der Waals surface area contributed by atoms with E-state index in [-0.39, 0.29) is 17.5 Å². The number of hydrogen-bond donors (Lipinski definition) is 1. The number of rotatable bonds is 5. The second-order valence-corrected chi connectivity index (χ2v) is 22.9. The summed E-state index contributed by atoms with van der Waals surface area (Å²) < 4.78 is 18.1. The lowest BCUT2D eigenvalue weighted by Crippen LogP contribution is -2.21. The first kappa shape index (κ1) is 58.2. The number of aliphatic carboxylic acids is 1. The zero-order valence-corrected chi connectivity index (χ0v) is 45.3. The fourth-order valence-electron chi connectivity index (χ4n) is 12.1. The number of carbonyl (C=O) groups excluding carboxylic acids is 1. The van der Waals surface area contributed by atoms with E-state index in [1.807, 2.05) is 0 Å². The Labute approximate surface area is 433 Å². The van der Waals surface area contributed by atoms with Crippen LogP contribution in [-0.2, 0) is 9.53 Å². The number of carboxylic acids is 1. The molecule has 1 aliphatic heterocycles. The topological polar surface area (TPSA) is 82.1 Å². The summed E-state index contributed by atoms with van der Waals surface area (Å²) in [6, 6.07) is 10.3. The lowest BCUT2D eigenvalue weighted by Gasteiger charge is -2.30. The molecule has 0 bridgehead atoms. The van der Waals surface area contributed by atoms with Crippen molar-refractivity contribution in [3.05, 3.63) is 52.5 Å². The van der Waals surface area contributed by atoms with Crippen molar-refractivity contribution < 1.29 is 28.9 Å². The van der Waals surface area contributed by atoms with Crippen LogP contribution in [0.2, 0.25) is 5.02 Å². The molecule has 6 nitrogen and oxygen atoms in total. The maximum absolute atomic E-state index is 13.5. The van der Waals surface area contributed by atoms with E-state index in [9.17, 15) is 14.7 Å². The molecule has 2 unspecified atom stereocenters. The van der Waals surface area contributed by atoms with Crippen molar-refractivity contribution in [2.45, 2.75) is 301 Å². The van der Waals surface area contributed by atoms with Crippen LogP contribution in [0.1, 0.15) is 311 Å². The highest BCUT2D eigenvalue weighted by Crippen LogP contribution is 2.48. The predicted octanol–water partition coefficient (Wildman–Crippen LogP) is 20.8. The molecule has 0 aromatic heterocycles. The van der Waals surface area contributed by atoms with Crippen LogP contribution in [0.25, 0.3) is 0 Å². The Morgan fingerprint density at radius 2 is 0.871 bits per heavy atom. The Balaban J connectivity index is 1.01. The maximum Gasteiger partial charge on any atom is 0.338 e. The van der Waals surface area contributed by atoms with Gasteiger partial charge in [0.2, 0.25) is 0 Å². The number of hydrogen-bond acceptors (Lipinski definition) is 5. The molecule has 5 rings (SSSR count). The third-order valence-corrected chi connectivity index (χ3v) is 16.9. The van der Waals surface area contributed by atoms with Crippen molar-refractivity contribution in [2.24, 2.45) is 5.41 Å². The molecule has 2 aliphatic carbocycles. The van der Waals surface area contributed by atoms with Gasteiger partial charge < -0.3 is 19.3 Å². The van der Waals surface area contributed by atoms with Gasteiger partial charge in [0.1, 0.15) is 23.4 Å². The summed E-state index contributed by atoms with van der Waals surface area (Å²) in [6.07, 6.45) is 61.5. The molecule has 396 valence electrons. The monoisotopic (exact) mass is 989 g/mol. The summed E-state index contributed by atoms with van der Waals surface area (Å²) in [5.41, 5.74) is 1.36. The molecule has 3 aliphatic rings. The zero-order chi connectivity index (χ0) is 49.2. The van der Waals surface area contributed by atoms with Crippen molar-refractivity contribution in [3.63, 3.8) is 0 Å². The van der Waals surface area contributed by atoms with Gasteiger partial charge in [0.05, 0.1) is 23.1 Å². The van der Waals surface area contributed by atoms with Crippen molar-refractivity contribution in [1.29, 1.82) is 0 Å². The minimum Gasteiger partial charge on any atom is -0.493 e. The normalized spacial score (nSPS) is 23.6. The van der Waals surface area contributed by atoms with Crippen LogP contribution in [0.5, 0.6) is 17.2 Å². The second kappa shape index (κ2) is 36.2. The second-order valence-electron chi connectivity index (χ2n) is 22.5. The summed E-state index contributed by atoms with van der Waals surface area (Å²) in [6.45, 7) is 0.323. The van der Waals surface area contributed by atoms with Gasteiger partial charge in [0, 0.05) is 11.6 Å². The lowest BCUT2D eigenvalue weighted by molar-refractivity contribution is -0.139. The summed E-state index contributed by atoms with van der Waals surface area (Å²) in [5.74, 6) is -0.442. The number of esters is 1. The largest absolute Gasteiger partial charge is 0.493 e. The SMILES string of the molecule is O=C(OC1CCC2(CCCCCCCCCCCCCCCCCCCCCCCCCCCCCCCCCCCCCCCCC2)C1)c1ccc(Oc2cc3c(cc2Cl)C(C(=O)O)CCO3)cc1. The van der Waals surface area contributed by atoms with Crippen molar-refractivity contribution in [2.75, 3.05) is 6.61 Å². The molecular weight excluding hydrogens is 888 g/mol. The quantitative estimate of drug-likeness (QED) is 0.301. The highest BCUT2D eigenvalue weighted by molar-refractivity contribution is 6.32. The lowest BCUT2D eigenvalue weighted by atomic mass is 9.76. The molecule has 70 heavy (non-hydrogen) atoms. The third-order valence-electron chi connectivity index (χ3n) is 16.6. The van der Waals surface area contributed by atoms with Crippen LogP contribution < -0.4 is 9.47 Å². The van der Waals surface area contributed by atoms with Crippen LogP contribution >= 0.6 is 11.6 Å². The van der Waals surface area contributed by atoms with Crippen LogP contribution in [0.4, 0.5) is 0 Å². The first-order valence-corrected chi connectivity index (χ1v) is 30.5. The molecule has 0 radical (unpaired) electrons. The molecule has 1 N–H and O–H groups in total. The van der Waals surface area contributed by atoms with Gasteiger partial charge in [-0.15, -0.1) is 0 Å². The van der Waals surface area contributed by atoms with Gasteiger partial charge in [-0.1, -0.05) is 262 Å². The average Bonchev–Trinajstić information content (AvgIpc) is 3.76. The standard InChI is InChI=1S/C63H101ClO6/c64-58-50-57-56(61(65)66)45-49-68-59(57)51-60(58)69-54-42-40-53(41-43-54)62(67)70-55-44-48-63(52-55)46-38-36-34-32-30-28-26-24-22-20-18-16-14-12-10-8-6-4-2-1-3-5-7-9-11-13-15-17-19-21-23-25-27-29-31-33-35-37-39-47-63/h40-43,50-51,55-56H,1-39,44-49,52H2,(H,65,66). The molecule has 0 amide bonds. The Bertz CT molecular complexity index is 1630. The molecule has 0 saturated heterocycles. The first-order valence-electron chi connectivity index (χ1n) is 30.1. The number of carbonyl (C=O) groups is 2. The van der Waals surface area contributed by atoms with Gasteiger partial charge in [-0.05, 0) is 74.3 Å². The van der Waals surface area contributed by atoms with Gasteiger partial charge >= 0.3 is 11.9 Å². The molecule has 1 heterocycles. The van der Waals surface area contributed by atoms with Gasteiger partial charge in [0.25, 0.3) is 0 Å². The Kier molecular flexibility index (Phi) is 30.1. The minimum absolute atomic E-state index is 0.0369. The van der Waals surface area contributed by atoms with E-state index < -0.39 is 11.9 Å². The maximum atomic E-state index is 13.5. The smallest absolute Gasteiger partial charge is 0.338 e. The summed E-state index contributed by atoms with van der Waals surface area (Å²) >= 11 is 6.54. The Hall–Kier alpha value is -2.73. The molecule has 2 fully saturated rings. The average molecular weight is 990 g/mol. The van der Waals surface area contributed by atoms with Crippen molar-refractivity contribution in [3.8, 4) is 17.2 Å². The Morgan fingerprint density at radius 3 is 1.24 bits per heavy atom. The van der Waals surface area contributed by atoms with E-state index in [1.165, 1.54) is 263 Å². The number of halogens is 1. The number of benzene rings is 2. The van der Waals surface area contributed by atoms with E-state index in [0.29, 0.717) is 46.4 Å². The molecule has 2 saturated carbocycles. The van der Waals surface area contributed by atoms with Gasteiger partial charge in [0.15, 0.2) is 0 Å². The fraction of sp³-hybridized carbons (Fsp3) is 0.778.